The van der Waals surface area contributed by atoms with E-state index in [0.29, 0.717) is 18.2 Å². The summed E-state index contributed by atoms with van der Waals surface area (Å²) >= 11 is 1.58. The molecule has 2 aliphatic rings. The molecule has 0 unspecified atom stereocenters. The van der Waals surface area contributed by atoms with Crippen LogP contribution in [0.4, 0.5) is 0 Å². The molecule has 144 valence electrons. The van der Waals surface area contributed by atoms with Crippen LogP contribution in [0.5, 0.6) is 0 Å². The molecule has 1 aromatic carbocycles. The van der Waals surface area contributed by atoms with Gasteiger partial charge in [-0.3, -0.25) is 4.79 Å². The number of rotatable bonds is 7. The number of benzene rings is 1. The molecule has 2 fully saturated rings. The van der Waals surface area contributed by atoms with Gasteiger partial charge in [0.05, 0.1) is 17.2 Å². The van der Waals surface area contributed by atoms with E-state index in [1.54, 1.807) is 11.3 Å². The predicted molar refractivity (Wildman–Crippen MR) is 108 cm³/mol. The van der Waals surface area contributed by atoms with Crippen LogP contribution in [-0.2, 0) is 11.2 Å². The summed E-state index contributed by atoms with van der Waals surface area (Å²) in [6.45, 7) is 3.62. The zero-order valence-electron chi connectivity index (χ0n) is 16.0. The first-order valence-corrected chi connectivity index (χ1v) is 11.0. The van der Waals surface area contributed by atoms with Crippen LogP contribution in [0.2, 0.25) is 0 Å². The topological polar surface area (TPSA) is 42.4 Å². The first-order valence-electron chi connectivity index (χ1n) is 10.2. The van der Waals surface area contributed by atoms with Crippen molar-refractivity contribution in [2.75, 3.05) is 13.1 Å². The Morgan fingerprint density at radius 1 is 1.26 bits per heavy atom. The Hall–Kier alpha value is -1.72. The van der Waals surface area contributed by atoms with Crippen LogP contribution in [0.25, 0.3) is 0 Å². The third kappa shape index (κ3) is 4.77. The van der Waals surface area contributed by atoms with Crippen molar-refractivity contribution in [3.05, 3.63) is 52.0 Å². The van der Waals surface area contributed by atoms with Gasteiger partial charge in [0.25, 0.3) is 5.91 Å². The van der Waals surface area contributed by atoms with Crippen molar-refractivity contribution in [3.63, 3.8) is 0 Å². The maximum atomic E-state index is 13.1. The molecular weight excluding hydrogens is 356 g/mol. The summed E-state index contributed by atoms with van der Waals surface area (Å²) in [5.74, 6) is 0.717. The molecular formula is C22H28N2O2S. The Morgan fingerprint density at radius 3 is 2.81 bits per heavy atom. The lowest BCUT2D eigenvalue weighted by atomic mass is 10.1. The van der Waals surface area contributed by atoms with Crippen molar-refractivity contribution in [2.24, 2.45) is 5.92 Å². The fraction of sp³-hybridized carbons (Fsp3) is 0.545. The molecule has 1 aliphatic carbocycles. The third-order valence-electron chi connectivity index (χ3n) is 5.48. The van der Waals surface area contributed by atoms with E-state index in [1.165, 1.54) is 18.4 Å². The number of nitrogens with zero attached hydrogens (tertiary/aromatic N) is 2. The number of aromatic nitrogens is 1. The smallest absolute Gasteiger partial charge is 0.273 e. The van der Waals surface area contributed by atoms with Crippen LogP contribution < -0.4 is 0 Å². The molecule has 1 amide bonds. The number of thiazole rings is 1. The van der Waals surface area contributed by atoms with Crippen molar-refractivity contribution in [1.29, 1.82) is 0 Å². The lowest BCUT2D eigenvalue weighted by molar-refractivity contribution is -0.0875. The third-order valence-corrected chi connectivity index (χ3v) is 6.32. The number of hydrogen-bond donors (Lipinski definition) is 0. The predicted octanol–water partition coefficient (Wildman–Crippen LogP) is 4.54. The second-order valence-electron chi connectivity index (χ2n) is 7.78. The lowest BCUT2D eigenvalue weighted by Gasteiger charge is -2.38. The molecule has 1 saturated carbocycles. The van der Waals surface area contributed by atoms with Crippen molar-refractivity contribution in [3.8, 4) is 0 Å². The Balaban J connectivity index is 1.43. The van der Waals surface area contributed by atoms with Gasteiger partial charge in [0.1, 0.15) is 5.69 Å². The summed E-state index contributed by atoms with van der Waals surface area (Å²) in [5, 5.41) is 2.92. The lowest BCUT2D eigenvalue weighted by Crippen LogP contribution is -2.50. The highest BCUT2D eigenvalue weighted by molar-refractivity contribution is 7.09. The number of hydrogen-bond acceptors (Lipinski definition) is 4. The quantitative estimate of drug-likeness (QED) is 0.704. The van der Waals surface area contributed by atoms with Gasteiger partial charge >= 0.3 is 0 Å². The van der Waals surface area contributed by atoms with E-state index in [2.05, 4.69) is 24.0 Å². The van der Waals surface area contributed by atoms with Crippen LogP contribution in [0.3, 0.4) is 0 Å². The van der Waals surface area contributed by atoms with Gasteiger partial charge in [-0.1, -0.05) is 50.1 Å². The molecule has 0 radical (unpaired) electrons. The minimum Gasteiger partial charge on any atom is -0.371 e. The summed E-state index contributed by atoms with van der Waals surface area (Å²) in [4.78, 5) is 19.7. The molecule has 4 nitrogen and oxygen atoms in total. The van der Waals surface area contributed by atoms with Gasteiger partial charge in [-0.15, -0.1) is 11.3 Å². The molecule has 2 aromatic rings. The number of carbonyl (C=O) groups excluding carboxylic acids is 1. The van der Waals surface area contributed by atoms with E-state index in [-0.39, 0.29) is 18.1 Å². The summed E-state index contributed by atoms with van der Waals surface area (Å²) in [5.41, 5.74) is 1.82. The molecule has 2 heterocycles. The summed E-state index contributed by atoms with van der Waals surface area (Å²) in [7, 11) is 0. The van der Waals surface area contributed by atoms with Crippen LogP contribution >= 0.6 is 11.3 Å². The summed E-state index contributed by atoms with van der Waals surface area (Å²) in [6, 6.07) is 10.3. The molecule has 0 spiro atoms. The van der Waals surface area contributed by atoms with E-state index in [1.807, 2.05) is 28.5 Å². The second-order valence-corrected chi connectivity index (χ2v) is 8.72. The maximum absolute atomic E-state index is 13.1. The van der Waals surface area contributed by atoms with Gasteiger partial charge in [-0.2, -0.15) is 0 Å². The zero-order valence-corrected chi connectivity index (χ0v) is 16.8. The van der Waals surface area contributed by atoms with E-state index < -0.39 is 0 Å². The molecule has 0 bridgehead atoms. The van der Waals surface area contributed by atoms with Gasteiger partial charge in [0, 0.05) is 24.9 Å². The Bertz CT molecular complexity index is 757. The fourth-order valence-corrected chi connectivity index (χ4v) is 4.58. The molecule has 2 atom stereocenters. The highest BCUT2D eigenvalue weighted by Crippen LogP contribution is 2.37. The Kier molecular flexibility index (Phi) is 5.89. The Labute approximate surface area is 165 Å². The van der Waals surface area contributed by atoms with Crippen molar-refractivity contribution >= 4 is 17.2 Å². The normalized spacial score (nSPS) is 22.8. The molecule has 4 rings (SSSR count). The highest BCUT2D eigenvalue weighted by Gasteiger charge is 2.39. The minimum atomic E-state index is 0.0704. The van der Waals surface area contributed by atoms with Crippen molar-refractivity contribution < 1.29 is 9.53 Å². The first-order chi connectivity index (χ1) is 13.2. The van der Waals surface area contributed by atoms with Crippen molar-refractivity contribution in [2.45, 2.75) is 57.7 Å². The van der Waals surface area contributed by atoms with E-state index >= 15 is 0 Å². The first kappa shape index (κ1) is 18.6. The number of amides is 1. The largest absolute Gasteiger partial charge is 0.371 e. The van der Waals surface area contributed by atoms with Gasteiger partial charge in [0.15, 0.2) is 0 Å². The molecule has 27 heavy (non-hydrogen) atoms. The number of ether oxygens (including phenoxy) is 1. The van der Waals surface area contributed by atoms with Gasteiger partial charge in [-0.05, 0) is 30.7 Å². The Morgan fingerprint density at radius 2 is 2.07 bits per heavy atom. The average Bonchev–Trinajstić information content (AvgIpc) is 3.46. The molecule has 0 N–H and O–H groups in total. The number of carbonyl (C=O) groups is 1. The molecule has 1 aliphatic heterocycles. The van der Waals surface area contributed by atoms with Crippen LogP contribution in [0, 0.1) is 5.92 Å². The molecule has 1 aromatic heterocycles. The fourth-order valence-electron chi connectivity index (χ4n) is 3.78. The second kappa shape index (κ2) is 8.53. The van der Waals surface area contributed by atoms with Gasteiger partial charge < -0.3 is 9.64 Å². The SMILES string of the molecule is CCCC[C@@H]1CN(C(=O)c2csc(Cc3ccccc3)n2)C[C@H](C2CC2)O1. The van der Waals surface area contributed by atoms with Gasteiger partial charge in [-0.25, -0.2) is 4.98 Å². The molecule has 5 heteroatoms. The standard InChI is InChI=1S/C22H28N2O2S/c1-2-3-9-18-13-24(14-20(26-18)17-10-11-17)22(25)19-15-27-21(23-19)12-16-7-5-4-6-8-16/h4-8,15,17-18,20H,2-3,9-14H2,1H3/t18-,20-/m1/s1. The van der Waals surface area contributed by atoms with E-state index in [4.69, 9.17) is 4.74 Å². The van der Waals surface area contributed by atoms with Crippen molar-refractivity contribution in [1.82, 2.24) is 9.88 Å². The average molecular weight is 385 g/mol. The molecule has 1 saturated heterocycles. The monoisotopic (exact) mass is 384 g/mol. The van der Waals surface area contributed by atoms with Gasteiger partial charge in [0.2, 0.25) is 0 Å². The summed E-state index contributed by atoms with van der Waals surface area (Å²) in [6.07, 6.45) is 7.02. The minimum absolute atomic E-state index is 0.0704. The van der Waals surface area contributed by atoms with Crippen LogP contribution in [0.1, 0.15) is 60.1 Å². The number of morpholine rings is 1. The van der Waals surface area contributed by atoms with E-state index in [9.17, 15) is 4.79 Å². The van der Waals surface area contributed by atoms with Crippen LogP contribution in [0.15, 0.2) is 35.7 Å². The highest BCUT2D eigenvalue weighted by atomic mass is 32.1. The summed E-state index contributed by atoms with van der Waals surface area (Å²) < 4.78 is 6.30. The zero-order chi connectivity index (χ0) is 18.6. The van der Waals surface area contributed by atoms with Crippen LogP contribution in [-0.4, -0.2) is 41.1 Å². The number of unbranched alkanes of at least 4 members (excludes halogenated alkanes) is 1. The maximum Gasteiger partial charge on any atom is 0.273 e. The van der Waals surface area contributed by atoms with E-state index in [0.717, 1.165) is 37.2 Å².